The predicted molar refractivity (Wildman–Crippen MR) is 59.4 cm³/mol. The van der Waals surface area contributed by atoms with Gasteiger partial charge in [-0.3, -0.25) is 4.79 Å². The van der Waals surface area contributed by atoms with Crippen LogP contribution in [0.25, 0.3) is 0 Å². The van der Waals surface area contributed by atoms with Gasteiger partial charge < -0.3 is 10.1 Å². The highest BCUT2D eigenvalue weighted by molar-refractivity contribution is 6.32. The summed E-state index contributed by atoms with van der Waals surface area (Å²) in [4.78, 5) is 11.1. The summed E-state index contributed by atoms with van der Waals surface area (Å²) in [5.74, 6) is 0. The average Bonchev–Trinajstić information content (AvgIpc) is 2.24. The fraction of sp³-hybridized carbons (Fsp3) is 0.556. The van der Waals surface area contributed by atoms with Gasteiger partial charge in [-0.1, -0.05) is 18.5 Å². The molecule has 1 unspecified atom stereocenters. The Morgan fingerprint density at radius 3 is 3.07 bits per heavy atom. The first kappa shape index (κ1) is 12.0. The lowest BCUT2D eigenvalue weighted by atomic mass is 10.2. The molecule has 1 atom stereocenters. The lowest BCUT2D eigenvalue weighted by molar-refractivity contribution is 0.184. The zero-order valence-electron chi connectivity index (χ0n) is 8.71. The topological polar surface area (TPSA) is 67.0 Å². The van der Waals surface area contributed by atoms with Crippen molar-refractivity contribution < 1.29 is 4.74 Å². The lowest BCUT2D eigenvalue weighted by Gasteiger charge is -2.17. The van der Waals surface area contributed by atoms with E-state index < -0.39 is 5.56 Å². The second kappa shape index (κ2) is 5.72. The number of nitrogens with zero attached hydrogens (tertiary/aromatic N) is 1. The molecule has 1 rings (SSSR count). The highest BCUT2D eigenvalue weighted by atomic mass is 35.5. The zero-order chi connectivity index (χ0) is 11.3. The number of aromatic amines is 1. The molecule has 0 fully saturated rings. The third kappa shape index (κ3) is 3.21. The van der Waals surface area contributed by atoms with E-state index in [9.17, 15) is 4.79 Å². The SMILES string of the molecule is CCC(COC)Nc1cn[nH]c(=O)c1Cl. The van der Waals surface area contributed by atoms with Crippen LogP contribution in [0.2, 0.25) is 5.02 Å². The quantitative estimate of drug-likeness (QED) is 0.801. The number of H-pyrrole nitrogens is 1. The van der Waals surface area contributed by atoms with Gasteiger partial charge in [0.15, 0.2) is 0 Å². The Kier molecular flexibility index (Phi) is 4.58. The van der Waals surface area contributed by atoms with Crippen molar-refractivity contribution in [2.75, 3.05) is 19.0 Å². The van der Waals surface area contributed by atoms with Gasteiger partial charge >= 0.3 is 0 Å². The van der Waals surface area contributed by atoms with Crippen LogP contribution in [0.15, 0.2) is 11.0 Å². The maximum Gasteiger partial charge on any atom is 0.285 e. The van der Waals surface area contributed by atoms with Crippen LogP contribution in [-0.2, 0) is 4.74 Å². The van der Waals surface area contributed by atoms with Crippen molar-refractivity contribution in [2.45, 2.75) is 19.4 Å². The monoisotopic (exact) mass is 231 g/mol. The smallest absolute Gasteiger partial charge is 0.285 e. The average molecular weight is 232 g/mol. The molecule has 1 aromatic rings. The molecule has 0 saturated carbocycles. The number of hydrogen-bond donors (Lipinski definition) is 2. The highest BCUT2D eigenvalue weighted by Gasteiger charge is 2.10. The third-order valence-corrected chi connectivity index (χ3v) is 2.39. The first-order valence-corrected chi connectivity index (χ1v) is 5.05. The van der Waals surface area contributed by atoms with Crippen molar-refractivity contribution in [1.82, 2.24) is 10.2 Å². The van der Waals surface area contributed by atoms with Crippen molar-refractivity contribution in [1.29, 1.82) is 0 Å². The second-order valence-corrected chi connectivity index (χ2v) is 3.51. The van der Waals surface area contributed by atoms with E-state index in [2.05, 4.69) is 15.5 Å². The van der Waals surface area contributed by atoms with Gasteiger partial charge in [-0.2, -0.15) is 5.10 Å². The van der Waals surface area contributed by atoms with Gasteiger partial charge in [0.2, 0.25) is 0 Å². The number of methoxy groups -OCH3 is 1. The van der Waals surface area contributed by atoms with Crippen LogP contribution in [0.5, 0.6) is 0 Å². The highest BCUT2D eigenvalue weighted by Crippen LogP contribution is 2.16. The molecule has 2 N–H and O–H groups in total. The number of ether oxygens (including phenoxy) is 1. The summed E-state index contributed by atoms with van der Waals surface area (Å²) in [7, 11) is 1.63. The Bertz CT molecular complexity index is 367. The summed E-state index contributed by atoms with van der Waals surface area (Å²) < 4.78 is 5.03. The minimum Gasteiger partial charge on any atom is -0.383 e. The summed E-state index contributed by atoms with van der Waals surface area (Å²) in [5, 5.41) is 9.15. The van der Waals surface area contributed by atoms with E-state index in [1.807, 2.05) is 6.92 Å². The Labute approximate surface area is 92.8 Å². The van der Waals surface area contributed by atoms with E-state index in [4.69, 9.17) is 16.3 Å². The molecule has 1 heterocycles. The third-order valence-electron chi connectivity index (χ3n) is 2.02. The van der Waals surface area contributed by atoms with Crippen molar-refractivity contribution in [3.8, 4) is 0 Å². The minimum atomic E-state index is -0.395. The van der Waals surface area contributed by atoms with Crippen LogP contribution in [0.4, 0.5) is 5.69 Å². The van der Waals surface area contributed by atoms with Crippen molar-refractivity contribution >= 4 is 17.3 Å². The summed E-state index contributed by atoms with van der Waals surface area (Å²) >= 11 is 5.81. The largest absolute Gasteiger partial charge is 0.383 e. The molecule has 1 aromatic heterocycles. The maximum absolute atomic E-state index is 11.1. The van der Waals surface area contributed by atoms with Gasteiger partial charge in [0, 0.05) is 13.2 Å². The van der Waals surface area contributed by atoms with Crippen LogP contribution >= 0.6 is 11.6 Å². The summed E-state index contributed by atoms with van der Waals surface area (Å²) in [6, 6.07) is 0.121. The zero-order valence-corrected chi connectivity index (χ0v) is 9.47. The fourth-order valence-corrected chi connectivity index (χ4v) is 1.31. The Morgan fingerprint density at radius 2 is 2.47 bits per heavy atom. The van der Waals surface area contributed by atoms with Crippen LogP contribution in [0.3, 0.4) is 0 Å². The van der Waals surface area contributed by atoms with E-state index in [0.29, 0.717) is 12.3 Å². The van der Waals surface area contributed by atoms with Gasteiger partial charge in [0.1, 0.15) is 5.02 Å². The first-order valence-electron chi connectivity index (χ1n) is 4.67. The van der Waals surface area contributed by atoms with Gasteiger partial charge in [0.05, 0.1) is 18.5 Å². The summed E-state index contributed by atoms with van der Waals surface area (Å²) in [6.07, 6.45) is 2.36. The van der Waals surface area contributed by atoms with Crippen LogP contribution < -0.4 is 10.9 Å². The van der Waals surface area contributed by atoms with E-state index in [-0.39, 0.29) is 11.1 Å². The molecule has 6 heteroatoms. The predicted octanol–water partition coefficient (Wildman–Crippen LogP) is 1.26. The number of rotatable bonds is 5. The number of halogens is 1. The lowest BCUT2D eigenvalue weighted by Crippen LogP contribution is -2.25. The Hall–Kier alpha value is -1.07. The molecule has 5 nitrogen and oxygen atoms in total. The van der Waals surface area contributed by atoms with Crippen molar-refractivity contribution in [3.63, 3.8) is 0 Å². The number of hydrogen-bond acceptors (Lipinski definition) is 4. The van der Waals surface area contributed by atoms with E-state index in [1.54, 1.807) is 7.11 Å². The van der Waals surface area contributed by atoms with Crippen molar-refractivity contribution in [2.24, 2.45) is 0 Å². The standard InChI is InChI=1S/C9H14ClN3O2/c1-3-6(5-15-2)12-7-4-11-13-9(14)8(7)10/h4,6H,3,5H2,1-2H3,(H2,12,13,14). The molecular weight excluding hydrogens is 218 g/mol. The minimum absolute atomic E-state index is 0.121. The van der Waals surface area contributed by atoms with E-state index >= 15 is 0 Å². The van der Waals surface area contributed by atoms with Gasteiger partial charge in [-0.05, 0) is 6.42 Å². The maximum atomic E-state index is 11.1. The second-order valence-electron chi connectivity index (χ2n) is 3.13. The first-order chi connectivity index (χ1) is 7.19. The number of aromatic nitrogens is 2. The fourth-order valence-electron chi connectivity index (χ4n) is 1.17. The Morgan fingerprint density at radius 1 is 1.73 bits per heavy atom. The van der Waals surface area contributed by atoms with Gasteiger partial charge in [-0.25, -0.2) is 5.10 Å². The number of nitrogens with one attached hydrogen (secondary N) is 2. The van der Waals surface area contributed by atoms with Crippen LogP contribution in [0, 0.1) is 0 Å². The molecular formula is C9H14ClN3O2. The number of anilines is 1. The Balaban J connectivity index is 2.79. The molecule has 0 radical (unpaired) electrons. The summed E-state index contributed by atoms with van der Waals surface area (Å²) in [5.41, 5.74) is 0.137. The molecule has 15 heavy (non-hydrogen) atoms. The van der Waals surface area contributed by atoms with Crippen LogP contribution in [-0.4, -0.2) is 30.0 Å². The molecule has 0 bridgehead atoms. The molecule has 0 aliphatic rings. The molecule has 84 valence electrons. The van der Waals surface area contributed by atoms with E-state index in [0.717, 1.165) is 6.42 Å². The molecule has 0 aliphatic heterocycles. The molecule has 0 aliphatic carbocycles. The van der Waals surface area contributed by atoms with Gasteiger partial charge in [0.25, 0.3) is 5.56 Å². The molecule has 0 spiro atoms. The molecule has 0 amide bonds. The van der Waals surface area contributed by atoms with Crippen LogP contribution in [0.1, 0.15) is 13.3 Å². The van der Waals surface area contributed by atoms with E-state index in [1.165, 1.54) is 6.20 Å². The summed E-state index contributed by atoms with van der Waals surface area (Å²) in [6.45, 7) is 2.57. The molecule has 0 saturated heterocycles. The molecule has 0 aromatic carbocycles. The van der Waals surface area contributed by atoms with Crippen molar-refractivity contribution in [3.05, 3.63) is 21.6 Å². The normalized spacial score (nSPS) is 12.5. The van der Waals surface area contributed by atoms with Gasteiger partial charge in [-0.15, -0.1) is 0 Å².